The molecular weight excluding hydrogens is 204 g/mol. The Bertz CT molecular complexity index is 427. The number of amides is 1. The predicted molar refractivity (Wildman–Crippen MR) is 63.9 cm³/mol. The summed E-state index contributed by atoms with van der Waals surface area (Å²) in [5.74, 6) is 0.757. The molecule has 1 aliphatic heterocycles. The summed E-state index contributed by atoms with van der Waals surface area (Å²) in [6.45, 7) is 4.45. The van der Waals surface area contributed by atoms with Gasteiger partial charge in [-0.25, -0.2) is 0 Å². The van der Waals surface area contributed by atoms with Gasteiger partial charge in [-0.2, -0.15) is 0 Å². The number of hydrogen-bond donors (Lipinski definition) is 2. The standard InChI is InChI=1S/C12H16N2O2/c1-12(2)7-13-9-5-4-8(16-3)6-10(9)14-11(12)15/h4-6,13H,7H2,1-3H3,(H,14,15). The molecule has 0 aliphatic carbocycles. The Labute approximate surface area is 95.0 Å². The van der Waals surface area contributed by atoms with Crippen LogP contribution in [0.4, 0.5) is 11.4 Å². The molecule has 0 spiro atoms. The van der Waals surface area contributed by atoms with Crippen LogP contribution in [-0.2, 0) is 4.79 Å². The fourth-order valence-corrected chi connectivity index (χ4v) is 1.60. The number of nitrogens with one attached hydrogen (secondary N) is 2. The minimum absolute atomic E-state index is 0.0204. The molecule has 1 amide bonds. The molecule has 2 N–H and O–H groups in total. The normalized spacial score (nSPS) is 17.8. The Kier molecular flexibility index (Phi) is 2.50. The van der Waals surface area contributed by atoms with Gasteiger partial charge in [0.15, 0.2) is 0 Å². The number of fused-ring (bicyclic) bond motifs is 1. The molecule has 1 aromatic rings. The first-order chi connectivity index (χ1) is 7.53. The number of hydrogen-bond acceptors (Lipinski definition) is 3. The van der Waals surface area contributed by atoms with Crippen molar-refractivity contribution in [2.24, 2.45) is 5.41 Å². The van der Waals surface area contributed by atoms with Crippen LogP contribution in [0.3, 0.4) is 0 Å². The highest BCUT2D eigenvalue weighted by Crippen LogP contribution is 2.32. The zero-order valence-electron chi connectivity index (χ0n) is 9.76. The molecule has 4 heteroatoms. The van der Waals surface area contributed by atoms with Crippen molar-refractivity contribution < 1.29 is 9.53 Å². The van der Waals surface area contributed by atoms with Gasteiger partial charge in [0.2, 0.25) is 5.91 Å². The Morgan fingerprint density at radius 3 is 2.75 bits per heavy atom. The Hall–Kier alpha value is -1.71. The molecule has 0 unspecified atom stereocenters. The van der Waals surface area contributed by atoms with Crippen LogP contribution in [0.5, 0.6) is 5.75 Å². The van der Waals surface area contributed by atoms with Gasteiger partial charge in [0, 0.05) is 12.6 Å². The van der Waals surface area contributed by atoms with E-state index in [1.54, 1.807) is 7.11 Å². The summed E-state index contributed by atoms with van der Waals surface area (Å²) in [7, 11) is 1.61. The van der Waals surface area contributed by atoms with Crippen molar-refractivity contribution in [2.75, 3.05) is 24.3 Å². The second-order valence-corrected chi connectivity index (χ2v) is 4.60. The number of anilines is 2. The summed E-state index contributed by atoms with van der Waals surface area (Å²) in [5.41, 5.74) is 1.29. The molecule has 0 aromatic heterocycles. The topological polar surface area (TPSA) is 50.4 Å². The summed E-state index contributed by atoms with van der Waals surface area (Å²) >= 11 is 0. The van der Waals surface area contributed by atoms with Crippen LogP contribution in [0.15, 0.2) is 18.2 Å². The van der Waals surface area contributed by atoms with Gasteiger partial charge in [-0.3, -0.25) is 4.79 Å². The zero-order chi connectivity index (χ0) is 11.8. The van der Waals surface area contributed by atoms with Gasteiger partial charge < -0.3 is 15.4 Å². The van der Waals surface area contributed by atoms with Gasteiger partial charge >= 0.3 is 0 Å². The highest BCUT2D eigenvalue weighted by atomic mass is 16.5. The highest BCUT2D eigenvalue weighted by Gasteiger charge is 2.30. The van der Waals surface area contributed by atoms with E-state index >= 15 is 0 Å². The molecule has 1 aromatic carbocycles. The lowest BCUT2D eigenvalue weighted by molar-refractivity contribution is -0.123. The average Bonchev–Trinajstić information content (AvgIpc) is 2.36. The predicted octanol–water partition coefficient (Wildman–Crippen LogP) is 2.09. The number of methoxy groups -OCH3 is 1. The molecule has 0 bridgehead atoms. The summed E-state index contributed by atoms with van der Waals surface area (Å²) in [4.78, 5) is 11.9. The van der Waals surface area contributed by atoms with Crippen LogP contribution in [0.2, 0.25) is 0 Å². The molecule has 0 radical (unpaired) electrons. The molecule has 86 valence electrons. The summed E-state index contributed by atoms with van der Waals surface area (Å²) in [6.07, 6.45) is 0. The van der Waals surface area contributed by atoms with Crippen LogP contribution in [0.25, 0.3) is 0 Å². The van der Waals surface area contributed by atoms with Gasteiger partial charge in [-0.05, 0) is 26.0 Å². The molecule has 0 fully saturated rings. The number of benzene rings is 1. The first-order valence-corrected chi connectivity index (χ1v) is 5.26. The maximum absolute atomic E-state index is 11.9. The Morgan fingerprint density at radius 2 is 2.06 bits per heavy atom. The fraction of sp³-hybridized carbons (Fsp3) is 0.417. The van der Waals surface area contributed by atoms with Gasteiger partial charge in [-0.15, -0.1) is 0 Å². The van der Waals surface area contributed by atoms with E-state index in [1.165, 1.54) is 0 Å². The van der Waals surface area contributed by atoms with E-state index in [1.807, 2.05) is 32.0 Å². The number of rotatable bonds is 1. The SMILES string of the molecule is COc1ccc2c(c1)NC(=O)C(C)(C)CN2. The third-order valence-corrected chi connectivity index (χ3v) is 2.81. The van der Waals surface area contributed by atoms with Gasteiger partial charge in [-0.1, -0.05) is 0 Å². The van der Waals surface area contributed by atoms with Crippen LogP contribution in [-0.4, -0.2) is 19.6 Å². The molecule has 0 atom stereocenters. The van der Waals surface area contributed by atoms with E-state index in [2.05, 4.69) is 10.6 Å². The third-order valence-electron chi connectivity index (χ3n) is 2.81. The lowest BCUT2D eigenvalue weighted by Gasteiger charge is -2.19. The molecule has 0 saturated heterocycles. The number of ether oxygens (including phenoxy) is 1. The first kappa shape index (κ1) is 10.8. The largest absolute Gasteiger partial charge is 0.497 e. The fourth-order valence-electron chi connectivity index (χ4n) is 1.60. The molecule has 2 rings (SSSR count). The van der Waals surface area contributed by atoms with Crippen molar-refractivity contribution in [3.8, 4) is 5.75 Å². The van der Waals surface area contributed by atoms with E-state index in [4.69, 9.17) is 4.74 Å². The van der Waals surface area contributed by atoms with Gasteiger partial charge in [0.1, 0.15) is 5.75 Å². The molecule has 4 nitrogen and oxygen atoms in total. The monoisotopic (exact) mass is 220 g/mol. The first-order valence-electron chi connectivity index (χ1n) is 5.26. The van der Waals surface area contributed by atoms with Crippen molar-refractivity contribution in [1.82, 2.24) is 0 Å². The van der Waals surface area contributed by atoms with Crippen molar-refractivity contribution in [3.63, 3.8) is 0 Å². The molecule has 1 heterocycles. The van der Waals surface area contributed by atoms with E-state index in [-0.39, 0.29) is 5.91 Å². The molecule has 1 aliphatic rings. The van der Waals surface area contributed by atoms with Crippen molar-refractivity contribution in [3.05, 3.63) is 18.2 Å². The van der Waals surface area contributed by atoms with E-state index in [0.29, 0.717) is 6.54 Å². The summed E-state index contributed by atoms with van der Waals surface area (Å²) in [5, 5.41) is 6.16. The summed E-state index contributed by atoms with van der Waals surface area (Å²) in [6, 6.07) is 5.60. The van der Waals surface area contributed by atoms with Gasteiger partial charge in [0.25, 0.3) is 0 Å². The molecule has 16 heavy (non-hydrogen) atoms. The van der Waals surface area contributed by atoms with Crippen LogP contribution in [0, 0.1) is 5.41 Å². The third kappa shape index (κ3) is 1.83. The van der Waals surface area contributed by atoms with E-state index in [9.17, 15) is 4.79 Å². The van der Waals surface area contributed by atoms with Crippen molar-refractivity contribution in [2.45, 2.75) is 13.8 Å². The minimum Gasteiger partial charge on any atom is -0.497 e. The molecular formula is C12H16N2O2. The van der Waals surface area contributed by atoms with E-state index < -0.39 is 5.41 Å². The lowest BCUT2D eigenvalue weighted by atomic mass is 9.93. The second kappa shape index (κ2) is 3.70. The second-order valence-electron chi connectivity index (χ2n) is 4.60. The maximum Gasteiger partial charge on any atom is 0.231 e. The highest BCUT2D eigenvalue weighted by molar-refractivity contribution is 5.99. The van der Waals surface area contributed by atoms with Crippen LogP contribution in [0.1, 0.15) is 13.8 Å². The Balaban J connectivity index is 2.37. The Morgan fingerprint density at radius 1 is 1.31 bits per heavy atom. The van der Waals surface area contributed by atoms with Gasteiger partial charge in [0.05, 0.1) is 23.9 Å². The molecule has 0 saturated carbocycles. The average molecular weight is 220 g/mol. The smallest absolute Gasteiger partial charge is 0.231 e. The number of carbonyl (C=O) groups is 1. The van der Waals surface area contributed by atoms with Crippen molar-refractivity contribution in [1.29, 1.82) is 0 Å². The van der Waals surface area contributed by atoms with Crippen molar-refractivity contribution >= 4 is 17.3 Å². The summed E-state index contributed by atoms with van der Waals surface area (Å²) < 4.78 is 5.13. The quantitative estimate of drug-likeness (QED) is 0.762. The van der Waals surface area contributed by atoms with E-state index in [0.717, 1.165) is 17.1 Å². The number of carbonyl (C=O) groups excluding carboxylic acids is 1. The zero-order valence-corrected chi connectivity index (χ0v) is 9.76. The van der Waals surface area contributed by atoms with Crippen LogP contribution >= 0.6 is 0 Å². The van der Waals surface area contributed by atoms with Crippen LogP contribution < -0.4 is 15.4 Å². The maximum atomic E-state index is 11.9. The minimum atomic E-state index is -0.410. The lowest BCUT2D eigenvalue weighted by Crippen LogP contribution is -2.34.